The second-order valence-corrected chi connectivity index (χ2v) is 4.40. The van der Waals surface area contributed by atoms with Gasteiger partial charge in [0.25, 0.3) is 0 Å². The molecular weight excluding hydrogens is 252 g/mol. The molecule has 1 fully saturated rings. The molecule has 0 atom stereocenters. The standard InChI is InChI=1S/C7H14.C5H14N2.2C2H6.2H2O/c1-7-5-3-2-4-6-7;1-2-3-4-5-7-6;2*1-2;;/h2*7H,2-6H2,1H3;2*1-2H3;2*1H2. The molecule has 1 aliphatic carbocycles. The van der Waals surface area contributed by atoms with Gasteiger partial charge in [-0.05, 0) is 12.3 Å². The average molecular weight is 297 g/mol. The molecule has 1 rings (SSSR count). The van der Waals surface area contributed by atoms with Crippen molar-refractivity contribution >= 4 is 0 Å². The minimum absolute atomic E-state index is 0. The quantitative estimate of drug-likeness (QED) is 0.470. The number of hydrogen-bond donors (Lipinski definition) is 2. The van der Waals surface area contributed by atoms with Crippen LogP contribution in [0.4, 0.5) is 0 Å². The summed E-state index contributed by atoms with van der Waals surface area (Å²) in [5.41, 5.74) is 2.60. The minimum atomic E-state index is 0. The van der Waals surface area contributed by atoms with E-state index in [0.717, 1.165) is 12.5 Å². The summed E-state index contributed by atoms with van der Waals surface area (Å²) in [7, 11) is 0. The van der Waals surface area contributed by atoms with Gasteiger partial charge in [0, 0.05) is 6.54 Å². The fourth-order valence-electron chi connectivity index (χ4n) is 1.78. The molecule has 0 radical (unpaired) electrons. The van der Waals surface area contributed by atoms with Crippen LogP contribution in [0.2, 0.25) is 0 Å². The molecule has 0 aliphatic heterocycles. The van der Waals surface area contributed by atoms with Crippen molar-refractivity contribution in [2.45, 2.75) is 92.9 Å². The molecule has 0 amide bonds. The van der Waals surface area contributed by atoms with Crippen LogP contribution >= 0.6 is 0 Å². The van der Waals surface area contributed by atoms with Crippen LogP contribution in [0.1, 0.15) is 92.9 Å². The van der Waals surface area contributed by atoms with Crippen molar-refractivity contribution in [3.63, 3.8) is 0 Å². The van der Waals surface area contributed by atoms with Crippen LogP contribution < -0.4 is 11.3 Å². The molecule has 0 aromatic rings. The summed E-state index contributed by atoms with van der Waals surface area (Å²) in [5, 5.41) is 0. The van der Waals surface area contributed by atoms with Crippen molar-refractivity contribution in [2.75, 3.05) is 6.54 Å². The lowest BCUT2D eigenvalue weighted by molar-refractivity contribution is 0.385. The van der Waals surface area contributed by atoms with Gasteiger partial charge in [0.05, 0.1) is 0 Å². The van der Waals surface area contributed by atoms with Gasteiger partial charge in [-0.15, -0.1) is 0 Å². The third kappa shape index (κ3) is 36.1. The molecule has 0 bridgehead atoms. The van der Waals surface area contributed by atoms with Crippen LogP contribution in [0.5, 0.6) is 0 Å². The van der Waals surface area contributed by atoms with E-state index in [1.165, 1.54) is 51.4 Å². The first kappa shape index (κ1) is 32.0. The van der Waals surface area contributed by atoms with E-state index in [0.29, 0.717) is 0 Å². The first-order valence-corrected chi connectivity index (χ1v) is 8.24. The SMILES string of the molecule is CC.CC.CC1CCCCC1.CCCCCNN.O.O. The van der Waals surface area contributed by atoms with Gasteiger partial charge < -0.3 is 11.0 Å². The predicted octanol–water partition coefficient (Wildman–Crippen LogP) is 3.63. The van der Waals surface area contributed by atoms with E-state index in [1.54, 1.807) is 0 Å². The van der Waals surface area contributed by atoms with Crippen LogP contribution in [-0.4, -0.2) is 17.5 Å². The monoisotopic (exact) mass is 296 g/mol. The Labute approximate surface area is 128 Å². The molecule has 1 saturated carbocycles. The highest BCUT2D eigenvalue weighted by atomic mass is 16.0. The Kier molecular flexibility index (Phi) is 58.1. The smallest absolute Gasteiger partial charge is 0.00974 e. The zero-order chi connectivity index (χ0) is 14.6. The Morgan fingerprint density at radius 1 is 0.900 bits per heavy atom. The van der Waals surface area contributed by atoms with Gasteiger partial charge in [0.15, 0.2) is 0 Å². The van der Waals surface area contributed by atoms with E-state index in [-0.39, 0.29) is 11.0 Å². The second kappa shape index (κ2) is 36.4. The number of nitrogens with two attached hydrogens (primary N) is 1. The summed E-state index contributed by atoms with van der Waals surface area (Å²) >= 11 is 0. The molecule has 0 aromatic carbocycles. The highest BCUT2D eigenvalue weighted by molar-refractivity contribution is 4.59. The number of hydrogen-bond acceptors (Lipinski definition) is 2. The summed E-state index contributed by atoms with van der Waals surface area (Å²) < 4.78 is 0. The summed E-state index contributed by atoms with van der Waals surface area (Å²) in [6.45, 7) is 13.5. The Morgan fingerprint density at radius 2 is 1.35 bits per heavy atom. The topological polar surface area (TPSA) is 101 Å². The van der Waals surface area contributed by atoms with E-state index in [9.17, 15) is 0 Å². The molecule has 0 aromatic heterocycles. The number of hydrazine groups is 1. The van der Waals surface area contributed by atoms with Gasteiger partial charge in [-0.2, -0.15) is 0 Å². The van der Waals surface area contributed by atoms with Gasteiger partial charge in [-0.25, -0.2) is 0 Å². The Bertz CT molecular complexity index is 105. The van der Waals surface area contributed by atoms with Crippen molar-refractivity contribution in [2.24, 2.45) is 11.8 Å². The molecule has 0 heterocycles. The largest absolute Gasteiger partial charge is 0.412 e. The van der Waals surface area contributed by atoms with Gasteiger partial charge in [0.1, 0.15) is 0 Å². The van der Waals surface area contributed by atoms with E-state index >= 15 is 0 Å². The molecule has 4 nitrogen and oxygen atoms in total. The highest BCUT2D eigenvalue weighted by Crippen LogP contribution is 2.22. The molecule has 0 saturated heterocycles. The molecule has 0 unspecified atom stereocenters. The molecule has 130 valence electrons. The minimum Gasteiger partial charge on any atom is -0.412 e. The summed E-state index contributed by atoms with van der Waals surface area (Å²) in [5.74, 6) is 6.06. The number of unbranched alkanes of at least 4 members (excludes halogenated alkanes) is 2. The third-order valence-electron chi connectivity index (χ3n) is 2.82. The molecular formula is C16H44N2O2. The lowest BCUT2D eigenvalue weighted by Crippen LogP contribution is -2.22. The lowest BCUT2D eigenvalue weighted by atomic mass is 9.91. The van der Waals surface area contributed by atoms with Crippen molar-refractivity contribution in [1.29, 1.82) is 0 Å². The number of rotatable bonds is 4. The highest BCUT2D eigenvalue weighted by Gasteiger charge is 2.05. The van der Waals surface area contributed by atoms with Gasteiger partial charge in [-0.1, -0.05) is 86.5 Å². The van der Waals surface area contributed by atoms with Crippen LogP contribution in [0.3, 0.4) is 0 Å². The number of nitrogens with one attached hydrogen (secondary N) is 1. The molecule has 7 N–H and O–H groups in total. The summed E-state index contributed by atoms with van der Waals surface area (Å²) in [6.07, 6.45) is 11.2. The van der Waals surface area contributed by atoms with E-state index in [4.69, 9.17) is 5.84 Å². The molecule has 20 heavy (non-hydrogen) atoms. The molecule has 0 spiro atoms. The Balaban J connectivity index is -0.0000000556. The first-order valence-electron chi connectivity index (χ1n) is 8.24. The predicted molar refractivity (Wildman–Crippen MR) is 93.9 cm³/mol. The lowest BCUT2D eigenvalue weighted by Gasteiger charge is -2.15. The van der Waals surface area contributed by atoms with E-state index < -0.39 is 0 Å². The zero-order valence-corrected chi connectivity index (χ0v) is 15.0. The third-order valence-corrected chi connectivity index (χ3v) is 2.82. The molecule has 1 aliphatic rings. The fraction of sp³-hybridized carbons (Fsp3) is 1.00. The van der Waals surface area contributed by atoms with Crippen LogP contribution in [0.25, 0.3) is 0 Å². The summed E-state index contributed by atoms with van der Waals surface area (Å²) in [6, 6.07) is 0. The van der Waals surface area contributed by atoms with Crippen LogP contribution in [-0.2, 0) is 0 Å². The van der Waals surface area contributed by atoms with Crippen LogP contribution in [0, 0.1) is 5.92 Å². The maximum atomic E-state index is 5.02. The Hall–Kier alpha value is -0.160. The maximum absolute atomic E-state index is 5.02. The first-order chi connectivity index (χ1) is 8.81. The molecule has 4 heteroatoms. The average Bonchev–Trinajstić information content (AvgIpc) is 2.45. The zero-order valence-electron chi connectivity index (χ0n) is 15.0. The normalized spacial score (nSPS) is 12.8. The summed E-state index contributed by atoms with van der Waals surface area (Å²) in [4.78, 5) is 0. The van der Waals surface area contributed by atoms with Crippen molar-refractivity contribution in [3.05, 3.63) is 0 Å². The van der Waals surface area contributed by atoms with Crippen molar-refractivity contribution in [3.8, 4) is 0 Å². The van der Waals surface area contributed by atoms with E-state index in [2.05, 4.69) is 19.3 Å². The van der Waals surface area contributed by atoms with Gasteiger partial charge in [0.2, 0.25) is 0 Å². The second-order valence-electron chi connectivity index (χ2n) is 4.40. The fourth-order valence-corrected chi connectivity index (χ4v) is 1.78. The van der Waals surface area contributed by atoms with E-state index in [1.807, 2.05) is 27.7 Å². The Morgan fingerprint density at radius 3 is 1.60 bits per heavy atom. The van der Waals surface area contributed by atoms with Crippen molar-refractivity contribution < 1.29 is 11.0 Å². The maximum Gasteiger partial charge on any atom is 0.00974 e. The van der Waals surface area contributed by atoms with Crippen LogP contribution in [0.15, 0.2) is 0 Å². The van der Waals surface area contributed by atoms with Crippen molar-refractivity contribution in [1.82, 2.24) is 5.43 Å². The van der Waals surface area contributed by atoms with Gasteiger partial charge in [-0.3, -0.25) is 11.3 Å². The van der Waals surface area contributed by atoms with Gasteiger partial charge >= 0.3 is 0 Å².